The first-order valence-electron chi connectivity index (χ1n) is 4.47. The lowest BCUT2D eigenvalue weighted by molar-refractivity contribution is 0.620. The van der Waals surface area contributed by atoms with Gasteiger partial charge >= 0.3 is 0 Å². The summed E-state index contributed by atoms with van der Waals surface area (Å²) < 4.78 is 12.6. The standard InChI is InChI=1S/C10H12FNS/c11-9-4-2-8(3-5-9)10-12-6-1-7-13-10/h2-5,10,12H,1,6-7H2/t10-/m1/s1. The second kappa shape index (κ2) is 4.11. The van der Waals surface area contributed by atoms with Crippen LogP contribution in [0.1, 0.15) is 17.4 Å². The molecule has 0 radical (unpaired) electrons. The maximum absolute atomic E-state index is 12.6. The third kappa shape index (κ3) is 2.23. The van der Waals surface area contributed by atoms with Crippen molar-refractivity contribution in [1.29, 1.82) is 0 Å². The highest BCUT2D eigenvalue weighted by atomic mass is 32.2. The van der Waals surface area contributed by atoms with Gasteiger partial charge in [0.2, 0.25) is 0 Å². The average Bonchev–Trinajstić information content (AvgIpc) is 2.20. The molecule has 0 aromatic heterocycles. The van der Waals surface area contributed by atoms with Crippen LogP contribution in [-0.4, -0.2) is 12.3 Å². The fraction of sp³-hybridized carbons (Fsp3) is 0.400. The average molecular weight is 197 g/mol. The van der Waals surface area contributed by atoms with Gasteiger partial charge in [-0.2, -0.15) is 0 Å². The molecule has 1 N–H and O–H groups in total. The Morgan fingerprint density at radius 1 is 1.31 bits per heavy atom. The fourth-order valence-electron chi connectivity index (χ4n) is 1.42. The number of rotatable bonds is 1. The number of benzene rings is 1. The molecular weight excluding hydrogens is 185 g/mol. The molecule has 1 aliphatic heterocycles. The topological polar surface area (TPSA) is 12.0 Å². The SMILES string of the molecule is Fc1ccc([C@@H]2NCCCS2)cc1. The zero-order valence-electron chi connectivity index (χ0n) is 7.29. The molecule has 13 heavy (non-hydrogen) atoms. The summed E-state index contributed by atoms with van der Waals surface area (Å²) in [6.07, 6.45) is 1.22. The second-order valence-electron chi connectivity index (χ2n) is 3.11. The molecule has 0 bridgehead atoms. The minimum Gasteiger partial charge on any atom is -0.302 e. The summed E-state index contributed by atoms with van der Waals surface area (Å²) in [4.78, 5) is 0. The minimum absolute atomic E-state index is 0.162. The van der Waals surface area contributed by atoms with Gasteiger partial charge in [0.25, 0.3) is 0 Å². The van der Waals surface area contributed by atoms with E-state index >= 15 is 0 Å². The third-order valence-corrected chi connectivity index (χ3v) is 3.40. The molecule has 1 heterocycles. The zero-order chi connectivity index (χ0) is 9.10. The van der Waals surface area contributed by atoms with Crippen LogP contribution in [0, 0.1) is 5.82 Å². The monoisotopic (exact) mass is 197 g/mol. The molecule has 1 aromatic rings. The van der Waals surface area contributed by atoms with Crippen LogP contribution >= 0.6 is 11.8 Å². The van der Waals surface area contributed by atoms with Crippen LogP contribution < -0.4 is 5.32 Å². The lowest BCUT2D eigenvalue weighted by Gasteiger charge is -2.23. The van der Waals surface area contributed by atoms with Crippen molar-refractivity contribution < 1.29 is 4.39 Å². The summed E-state index contributed by atoms with van der Waals surface area (Å²) in [5.41, 5.74) is 1.17. The van der Waals surface area contributed by atoms with Crippen molar-refractivity contribution in [1.82, 2.24) is 5.32 Å². The Hall–Kier alpha value is -0.540. The summed E-state index contributed by atoms with van der Waals surface area (Å²) in [5, 5.41) is 3.75. The fourth-order valence-corrected chi connectivity index (χ4v) is 2.55. The van der Waals surface area contributed by atoms with Crippen LogP contribution in [0.4, 0.5) is 4.39 Å². The number of thioether (sulfide) groups is 1. The van der Waals surface area contributed by atoms with Crippen molar-refractivity contribution in [2.75, 3.05) is 12.3 Å². The van der Waals surface area contributed by atoms with Crippen LogP contribution in [0.3, 0.4) is 0 Å². The normalized spacial score (nSPS) is 23.0. The Bertz CT molecular complexity index is 267. The maximum Gasteiger partial charge on any atom is 0.123 e. The molecule has 70 valence electrons. The molecule has 1 atom stereocenters. The number of halogens is 1. The van der Waals surface area contributed by atoms with Gasteiger partial charge < -0.3 is 5.32 Å². The summed E-state index contributed by atoms with van der Waals surface area (Å²) in [6, 6.07) is 6.75. The zero-order valence-corrected chi connectivity index (χ0v) is 8.11. The molecule has 1 nitrogen and oxygen atoms in total. The van der Waals surface area contributed by atoms with Crippen molar-refractivity contribution in [2.24, 2.45) is 0 Å². The van der Waals surface area contributed by atoms with E-state index in [9.17, 15) is 4.39 Å². The Balaban J connectivity index is 2.10. The van der Waals surface area contributed by atoms with Crippen LogP contribution in [0.5, 0.6) is 0 Å². The van der Waals surface area contributed by atoms with Crippen LogP contribution in [0.2, 0.25) is 0 Å². The van der Waals surface area contributed by atoms with E-state index in [0.717, 1.165) is 6.54 Å². The van der Waals surface area contributed by atoms with E-state index < -0.39 is 0 Å². The van der Waals surface area contributed by atoms with Crippen molar-refractivity contribution in [3.8, 4) is 0 Å². The Kier molecular flexibility index (Phi) is 2.86. The predicted molar refractivity (Wildman–Crippen MR) is 54.2 cm³/mol. The van der Waals surface area contributed by atoms with Crippen molar-refractivity contribution >= 4 is 11.8 Å². The molecule has 0 spiro atoms. The van der Waals surface area contributed by atoms with E-state index in [-0.39, 0.29) is 5.82 Å². The highest BCUT2D eigenvalue weighted by Gasteiger charge is 2.14. The molecular formula is C10H12FNS. The van der Waals surface area contributed by atoms with Crippen molar-refractivity contribution in [2.45, 2.75) is 11.8 Å². The van der Waals surface area contributed by atoms with Gasteiger partial charge in [-0.25, -0.2) is 4.39 Å². The lowest BCUT2D eigenvalue weighted by Crippen LogP contribution is -2.25. The second-order valence-corrected chi connectivity index (χ2v) is 4.32. The van der Waals surface area contributed by atoms with Gasteiger partial charge in [-0.3, -0.25) is 0 Å². The van der Waals surface area contributed by atoms with E-state index in [4.69, 9.17) is 0 Å². The Labute approximate surface area is 81.7 Å². The number of nitrogens with one attached hydrogen (secondary N) is 1. The Morgan fingerprint density at radius 2 is 2.08 bits per heavy atom. The minimum atomic E-state index is -0.162. The third-order valence-electron chi connectivity index (χ3n) is 2.11. The summed E-state index contributed by atoms with van der Waals surface area (Å²) in [5.74, 6) is 1.03. The van der Waals surface area contributed by atoms with E-state index in [0.29, 0.717) is 5.37 Å². The summed E-state index contributed by atoms with van der Waals surface area (Å²) >= 11 is 1.89. The first-order valence-corrected chi connectivity index (χ1v) is 5.51. The van der Waals surface area contributed by atoms with E-state index in [1.807, 2.05) is 23.9 Å². The Morgan fingerprint density at radius 3 is 2.69 bits per heavy atom. The summed E-state index contributed by atoms with van der Waals surface area (Å²) in [7, 11) is 0. The summed E-state index contributed by atoms with van der Waals surface area (Å²) in [6.45, 7) is 1.06. The lowest BCUT2D eigenvalue weighted by atomic mass is 10.2. The van der Waals surface area contributed by atoms with Gasteiger partial charge in [0, 0.05) is 0 Å². The maximum atomic E-state index is 12.6. The molecule has 2 rings (SSSR count). The molecule has 0 aliphatic carbocycles. The van der Waals surface area contributed by atoms with Crippen LogP contribution in [0.25, 0.3) is 0 Å². The first kappa shape index (κ1) is 9.03. The molecule has 1 fully saturated rings. The molecule has 1 aromatic carbocycles. The van der Waals surface area contributed by atoms with E-state index in [1.165, 1.54) is 29.9 Å². The molecule has 0 saturated carbocycles. The quantitative estimate of drug-likeness (QED) is 0.742. The van der Waals surface area contributed by atoms with Crippen LogP contribution in [0.15, 0.2) is 24.3 Å². The molecule has 0 amide bonds. The highest BCUT2D eigenvalue weighted by Crippen LogP contribution is 2.29. The highest BCUT2D eigenvalue weighted by molar-refractivity contribution is 7.99. The van der Waals surface area contributed by atoms with Crippen LogP contribution in [-0.2, 0) is 0 Å². The molecule has 1 aliphatic rings. The number of hydrogen-bond donors (Lipinski definition) is 1. The first-order chi connectivity index (χ1) is 6.36. The van der Waals surface area contributed by atoms with Crippen molar-refractivity contribution in [3.05, 3.63) is 35.6 Å². The van der Waals surface area contributed by atoms with Gasteiger partial charge in [0.1, 0.15) is 5.82 Å². The smallest absolute Gasteiger partial charge is 0.123 e. The van der Waals surface area contributed by atoms with Gasteiger partial charge in [-0.1, -0.05) is 12.1 Å². The largest absolute Gasteiger partial charge is 0.302 e. The number of hydrogen-bond acceptors (Lipinski definition) is 2. The molecule has 0 unspecified atom stereocenters. The molecule has 1 saturated heterocycles. The van der Waals surface area contributed by atoms with Gasteiger partial charge in [-0.15, -0.1) is 11.8 Å². The van der Waals surface area contributed by atoms with E-state index in [2.05, 4.69) is 5.32 Å². The molecule has 3 heteroatoms. The van der Waals surface area contributed by atoms with Crippen molar-refractivity contribution in [3.63, 3.8) is 0 Å². The van der Waals surface area contributed by atoms with E-state index in [1.54, 1.807) is 0 Å². The van der Waals surface area contributed by atoms with Gasteiger partial charge in [0.05, 0.1) is 5.37 Å². The predicted octanol–water partition coefficient (Wildman–Crippen LogP) is 2.55. The van der Waals surface area contributed by atoms with Gasteiger partial charge in [0.15, 0.2) is 0 Å². The van der Waals surface area contributed by atoms with Gasteiger partial charge in [-0.05, 0) is 36.4 Å².